The van der Waals surface area contributed by atoms with Crippen molar-refractivity contribution in [3.8, 4) is 0 Å². The number of nitrogens with one attached hydrogen (secondary N) is 1. The van der Waals surface area contributed by atoms with Gasteiger partial charge in [0, 0.05) is 37.5 Å². The van der Waals surface area contributed by atoms with Crippen LogP contribution in [0.3, 0.4) is 0 Å². The van der Waals surface area contributed by atoms with E-state index < -0.39 is 0 Å². The first-order valence-corrected chi connectivity index (χ1v) is 8.53. The second-order valence-electron chi connectivity index (χ2n) is 5.99. The van der Waals surface area contributed by atoms with E-state index in [1.165, 1.54) is 25.3 Å². The summed E-state index contributed by atoms with van der Waals surface area (Å²) in [5.74, 6) is 0. The minimum absolute atomic E-state index is 0.104. The standard InChI is InChI=1S/C18H20ClN3O2/c19-17-12-15(7-8-18(17)21-9-2-1-3-10-21)20-13-14-5-4-6-16(11-14)22(23)24/h4-8,11-12,20H,1-3,9-10,13H2. The number of piperidine rings is 1. The Kier molecular flexibility index (Phi) is 5.20. The van der Waals surface area contributed by atoms with Crippen molar-refractivity contribution in [2.24, 2.45) is 0 Å². The van der Waals surface area contributed by atoms with Crippen molar-refractivity contribution in [2.75, 3.05) is 23.3 Å². The molecule has 126 valence electrons. The Labute approximate surface area is 146 Å². The van der Waals surface area contributed by atoms with Gasteiger partial charge >= 0.3 is 0 Å². The number of nitro benzene ring substituents is 1. The normalized spacial score (nSPS) is 14.5. The van der Waals surface area contributed by atoms with Crippen molar-refractivity contribution < 1.29 is 4.92 Å². The molecule has 0 radical (unpaired) electrons. The second kappa shape index (κ2) is 7.53. The van der Waals surface area contributed by atoms with Gasteiger partial charge in [-0.25, -0.2) is 0 Å². The molecule has 0 aromatic heterocycles. The summed E-state index contributed by atoms with van der Waals surface area (Å²) < 4.78 is 0. The number of anilines is 2. The molecule has 1 aliphatic heterocycles. The number of nitrogens with zero attached hydrogens (tertiary/aromatic N) is 2. The van der Waals surface area contributed by atoms with Gasteiger partial charge in [-0.15, -0.1) is 0 Å². The van der Waals surface area contributed by atoms with Gasteiger partial charge in [0.1, 0.15) is 0 Å². The monoisotopic (exact) mass is 345 g/mol. The summed E-state index contributed by atoms with van der Waals surface area (Å²) in [5.41, 5.74) is 2.96. The smallest absolute Gasteiger partial charge is 0.269 e. The van der Waals surface area contributed by atoms with Gasteiger partial charge in [-0.2, -0.15) is 0 Å². The lowest BCUT2D eigenvalue weighted by Crippen LogP contribution is -2.29. The maximum absolute atomic E-state index is 10.8. The Hall–Kier alpha value is -2.27. The molecular weight excluding hydrogens is 326 g/mol. The van der Waals surface area contributed by atoms with Crippen LogP contribution in [0.25, 0.3) is 0 Å². The minimum Gasteiger partial charge on any atom is -0.381 e. The zero-order chi connectivity index (χ0) is 16.9. The highest BCUT2D eigenvalue weighted by Crippen LogP contribution is 2.31. The Balaban J connectivity index is 1.66. The predicted molar refractivity (Wildman–Crippen MR) is 97.9 cm³/mol. The molecule has 2 aromatic rings. The average molecular weight is 346 g/mol. The van der Waals surface area contributed by atoms with E-state index in [-0.39, 0.29) is 10.6 Å². The van der Waals surface area contributed by atoms with Crippen LogP contribution in [0.5, 0.6) is 0 Å². The van der Waals surface area contributed by atoms with Gasteiger partial charge in [0.15, 0.2) is 0 Å². The lowest BCUT2D eigenvalue weighted by atomic mass is 10.1. The number of nitro groups is 1. The van der Waals surface area contributed by atoms with E-state index >= 15 is 0 Å². The summed E-state index contributed by atoms with van der Waals surface area (Å²) in [6.07, 6.45) is 3.71. The Bertz CT molecular complexity index is 730. The number of hydrogen-bond acceptors (Lipinski definition) is 4. The Morgan fingerprint density at radius 2 is 1.92 bits per heavy atom. The molecule has 2 aromatic carbocycles. The molecular formula is C18H20ClN3O2. The van der Waals surface area contributed by atoms with E-state index in [0.717, 1.165) is 35.1 Å². The maximum Gasteiger partial charge on any atom is 0.269 e. The number of hydrogen-bond donors (Lipinski definition) is 1. The minimum atomic E-state index is -0.381. The van der Waals surface area contributed by atoms with Gasteiger partial charge in [-0.3, -0.25) is 10.1 Å². The van der Waals surface area contributed by atoms with Gasteiger partial charge in [0.05, 0.1) is 15.6 Å². The van der Waals surface area contributed by atoms with Gasteiger partial charge in [0.2, 0.25) is 0 Å². The molecule has 3 rings (SSSR count). The van der Waals surface area contributed by atoms with E-state index in [2.05, 4.69) is 10.2 Å². The predicted octanol–water partition coefficient (Wildman–Crippen LogP) is 4.85. The maximum atomic E-state index is 10.8. The summed E-state index contributed by atoms with van der Waals surface area (Å²) >= 11 is 6.44. The van der Waals surface area contributed by atoms with E-state index in [1.54, 1.807) is 12.1 Å². The lowest BCUT2D eigenvalue weighted by Gasteiger charge is -2.29. The van der Waals surface area contributed by atoms with Crippen LogP contribution in [0.2, 0.25) is 5.02 Å². The third-order valence-electron chi connectivity index (χ3n) is 4.26. The Morgan fingerprint density at radius 1 is 1.12 bits per heavy atom. The molecule has 0 amide bonds. The van der Waals surface area contributed by atoms with Crippen molar-refractivity contribution in [2.45, 2.75) is 25.8 Å². The van der Waals surface area contributed by atoms with Crippen LogP contribution in [0, 0.1) is 10.1 Å². The highest BCUT2D eigenvalue weighted by atomic mass is 35.5. The molecule has 0 bridgehead atoms. The average Bonchev–Trinajstić information content (AvgIpc) is 2.61. The molecule has 0 saturated carbocycles. The molecule has 1 N–H and O–H groups in total. The zero-order valence-corrected chi connectivity index (χ0v) is 14.1. The molecule has 0 aliphatic carbocycles. The van der Waals surface area contributed by atoms with Crippen LogP contribution in [0.15, 0.2) is 42.5 Å². The fourth-order valence-corrected chi connectivity index (χ4v) is 3.29. The molecule has 24 heavy (non-hydrogen) atoms. The van der Waals surface area contributed by atoms with Crippen molar-refractivity contribution in [1.29, 1.82) is 0 Å². The SMILES string of the molecule is O=[N+]([O-])c1cccc(CNc2ccc(N3CCCCC3)c(Cl)c2)c1. The van der Waals surface area contributed by atoms with Crippen molar-refractivity contribution >= 4 is 28.7 Å². The molecule has 5 nitrogen and oxygen atoms in total. The zero-order valence-electron chi connectivity index (χ0n) is 13.4. The molecule has 1 fully saturated rings. The summed E-state index contributed by atoms with van der Waals surface area (Å²) in [7, 11) is 0. The first-order chi connectivity index (χ1) is 11.6. The first-order valence-electron chi connectivity index (χ1n) is 8.15. The van der Waals surface area contributed by atoms with Gasteiger partial charge in [-0.05, 0) is 43.0 Å². The molecule has 0 unspecified atom stereocenters. The number of benzene rings is 2. The fraction of sp³-hybridized carbons (Fsp3) is 0.333. The number of rotatable bonds is 5. The third-order valence-corrected chi connectivity index (χ3v) is 4.57. The van der Waals surface area contributed by atoms with Crippen LogP contribution < -0.4 is 10.2 Å². The molecule has 1 aliphatic rings. The summed E-state index contributed by atoms with van der Waals surface area (Å²) in [4.78, 5) is 12.8. The largest absolute Gasteiger partial charge is 0.381 e. The lowest BCUT2D eigenvalue weighted by molar-refractivity contribution is -0.384. The summed E-state index contributed by atoms with van der Waals surface area (Å²) in [6, 6.07) is 12.6. The quantitative estimate of drug-likeness (QED) is 0.621. The molecule has 0 atom stereocenters. The first kappa shape index (κ1) is 16.6. The third kappa shape index (κ3) is 3.97. The number of non-ortho nitro benzene ring substituents is 1. The van der Waals surface area contributed by atoms with Crippen LogP contribution in [-0.2, 0) is 6.54 Å². The highest BCUT2D eigenvalue weighted by Gasteiger charge is 2.14. The topological polar surface area (TPSA) is 58.4 Å². The summed E-state index contributed by atoms with van der Waals surface area (Å²) in [5, 5.41) is 14.8. The van der Waals surface area contributed by atoms with E-state index in [0.29, 0.717) is 6.54 Å². The Morgan fingerprint density at radius 3 is 2.62 bits per heavy atom. The van der Waals surface area contributed by atoms with Crippen LogP contribution in [0.1, 0.15) is 24.8 Å². The van der Waals surface area contributed by atoms with Gasteiger partial charge in [0.25, 0.3) is 5.69 Å². The van der Waals surface area contributed by atoms with E-state index in [4.69, 9.17) is 11.6 Å². The number of halogens is 1. The molecule has 0 spiro atoms. The van der Waals surface area contributed by atoms with Crippen molar-refractivity contribution in [3.05, 3.63) is 63.2 Å². The van der Waals surface area contributed by atoms with Crippen LogP contribution >= 0.6 is 11.6 Å². The van der Waals surface area contributed by atoms with Crippen molar-refractivity contribution in [3.63, 3.8) is 0 Å². The van der Waals surface area contributed by atoms with Crippen LogP contribution in [-0.4, -0.2) is 18.0 Å². The second-order valence-corrected chi connectivity index (χ2v) is 6.40. The molecule has 6 heteroatoms. The van der Waals surface area contributed by atoms with E-state index in [9.17, 15) is 10.1 Å². The van der Waals surface area contributed by atoms with E-state index in [1.807, 2.05) is 24.3 Å². The fourth-order valence-electron chi connectivity index (χ4n) is 2.99. The summed E-state index contributed by atoms with van der Waals surface area (Å²) in [6.45, 7) is 2.63. The van der Waals surface area contributed by atoms with Gasteiger partial charge < -0.3 is 10.2 Å². The molecule has 1 saturated heterocycles. The molecule has 1 heterocycles. The van der Waals surface area contributed by atoms with Crippen LogP contribution in [0.4, 0.5) is 17.1 Å². The van der Waals surface area contributed by atoms with Gasteiger partial charge in [-0.1, -0.05) is 23.7 Å². The van der Waals surface area contributed by atoms with Crippen molar-refractivity contribution in [1.82, 2.24) is 0 Å². The highest BCUT2D eigenvalue weighted by molar-refractivity contribution is 6.33.